The van der Waals surface area contributed by atoms with E-state index in [1.54, 1.807) is 31.4 Å². The molecule has 0 unspecified atom stereocenters. The Bertz CT molecular complexity index is 810. The SMILES string of the molecule is COc1ccc(C(=O)/C=C2\Cc3ccc(Br)cc3NC2=O)cc1. The molecule has 1 heterocycles. The van der Waals surface area contributed by atoms with Crippen LogP contribution in [0.4, 0.5) is 5.69 Å². The second-order valence-corrected chi connectivity index (χ2v) is 6.11. The Labute approximate surface area is 142 Å². The number of anilines is 1. The minimum Gasteiger partial charge on any atom is -0.497 e. The fraction of sp³-hybridized carbons (Fsp3) is 0.111. The van der Waals surface area contributed by atoms with Crippen LogP contribution in [0.15, 0.2) is 58.6 Å². The molecule has 4 nitrogen and oxygen atoms in total. The Balaban J connectivity index is 1.85. The maximum absolute atomic E-state index is 12.3. The summed E-state index contributed by atoms with van der Waals surface area (Å²) in [5, 5.41) is 2.82. The zero-order chi connectivity index (χ0) is 16.4. The van der Waals surface area contributed by atoms with E-state index < -0.39 is 0 Å². The second kappa shape index (κ2) is 6.38. The maximum atomic E-state index is 12.3. The third kappa shape index (κ3) is 3.35. The lowest BCUT2D eigenvalue weighted by Crippen LogP contribution is -2.23. The maximum Gasteiger partial charge on any atom is 0.252 e. The molecule has 1 N–H and O–H groups in total. The van der Waals surface area contributed by atoms with Crippen molar-refractivity contribution in [1.82, 2.24) is 0 Å². The van der Waals surface area contributed by atoms with Gasteiger partial charge in [0.1, 0.15) is 5.75 Å². The molecule has 1 aliphatic heterocycles. The molecule has 116 valence electrons. The van der Waals surface area contributed by atoms with Gasteiger partial charge in [-0.2, -0.15) is 0 Å². The smallest absolute Gasteiger partial charge is 0.252 e. The zero-order valence-electron chi connectivity index (χ0n) is 12.4. The summed E-state index contributed by atoms with van der Waals surface area (Å²) in [7, 11) is 1.57. The van der Waals surface area contributed by atoms with Gasteiger partial charge < -0.3 is 10.1 Å². The summed E-state index contributed by atoms with van der Waals surface area (Å²) in [5.74, 6) is 0.250. The number of fused-ring (bicyclic) bond motifs is 1. The van der Waals surface area contributed by atoms with Crippen LogP contribution >= 0.6 is 15.9 Å². The summed E-state index contributed by atoms with van der Waals surface area (Å²) in [6, 6.07) is 12.5. The number of hydrogen-bond donors (Lipinski definition) is 1. The summed E-state index contributed by atoms with van der Waals surface area (Å²) in [4.78, 5) is 24.5. The van der Waals surface area contributed by atoms with E-state index in [0.717, 1.165) is 15.7 Å². The first-order valence-electron chi connectivity index (χ1n) is 7.05. The van der Waals surface area contributed by atoms with Gasteiger partial charge in [0.15, 0.2) is 5.78 Å². The van der Waals surface area contributed by atoms with Crippen molar-refractivity contribution in [2.45, 2.75) is 6.42 Å². The van der Waals surface area contributed by atoms with Crippen LogP contribution in [0.2, 0.25) is 0 Å². The number of rotatable bonds is 3. The van der Waals surface area contributed by atoms with Gasteiger partial charge in [0, 0.05) is 27.7 Å². The zero-order valence-corrected chi connectivity index (χ0v) is 14.0. The molecule has 0 aliphatic carbocycles. The number of amides is 1. The van der Waals surface area contributed by atoms with E-state index in [-0.39, 0.29) is 11.7 Å². The summed E-state index contributed by atoms with van der Waals surface area (Å²) in [6.45, 7) is 0. The number of carbonyl (C=O) groups excluding carboxylic acids is 2. The van der Waals surface area contributed by atoms with Gasteiger partial charge in [-0.15, -0.1) is 0 Å². The van der Waals surface area contributed by atoms with E-state index in [2.05, 4.69) is 21.2 Å². The molecular formula is C18H14BrNO3. The molecule has 0 aromatic heterocycles. The largest absolute Gasteiger partial charge is 0.497 e. The molecular weight excluding hydrogens is 358 g/mol. The van der Waals surface area contributed by atoms with E-state index in [1.165, 1.54) is 6.08 Å². The number of ketones is 1. The van der Waals surface area contributed by atoms with Crippen molar-refractivity contribution < 1.29 is 14.3 Å². The van der Waals surface area contributed by atoms with Crippen molar-refractivity contribution in [3.63, 3.8) is 0 Å². The minimum absolute atomic E-state index is 0.196. The van der Waals surface area contributed by atoms with Crippen LogP contribution in [0.25, 0.3) is 0 Å². The van der Waals surface area contributed by atoms with Crippen LogP contribution < -0.4 is 10.1 Å². The predicted octanol–water partition coefficient (Wildman–Crippen LogP) is 3.76. The molecule has 0 radical (unpaired) electrons. The van der Waals surface area contributed by atoms with Crippen molar-refractivity contribution in [3.05, 3.63) is 69.7 Å². The van der Waals surface area contributed by atoms with Crippen LogP contribution in [-0.2, 0) is 11.2 Å². The number of benzene rings is 2. The topological polar surface area (TPSA) is 55.4 Å². The first kappa shape index (κ1) is 15.5. The van der Waals surface area contributed by atoms with Gasteiger partial charge in [0.2, 0.25) is 0 Å². The number of carbonyl (C=O) groups is 2. The average Bonchev–Trinajstić information content (AvgIpc) is 2.55. The van der Waals surface area contributed by atoms with E-state index in [4.69, 9.17) is 4.74 Å². The molecule has 0 saturated heterocycles. The summed E-state index contributed by atoms with van der Waals surface area (Å²) in [6.07, 6.45) is 1.85. The molecule has 1 amide bonds. The number of hydrogen-bond acceptors (Lipinski definition) is 3. The molecule has 1 aliphatic rings. The Morgan fingerprint density at radius 1 is 1.22 bits per heavy atom. The van der Waals surface area contributed by atoms with Crippen molar-refractivity contribution in [2.75, 3.05) is 12.4 Å². The lowest BCUT2D eigenvalue weighted by Gasteiger charge is -2.19. The predicted molar refractivity (Wildman–Crippen MR) is 91.9 cm³/mol. The normalized spacial score (nSPS) is 15.0. The average molecular weight is 372 g/mol. The first-order valence-corrected chi connectivity index (χ1v) is 7.85. The van der Waals surface area contributed by atoms with Crippen LogP contribution in [-0.4, -0.2) is 18.8 Å². The highest BCUT2D eigenvalue weighted by Crippen LogP contribution is 2.28. The Hall–Kier alpha value is -2.40. The standard InChI is InChI=1S/C18H14BrNO3/c1-23-15-6-3-11(4-7-15)17(21)9-13-8-12-2-5-14(19)10-16(12)20-18(13)22/h2-7,9-10H,8H2,1H3,(H,20,22)/b13-9+. The quantitative estimate of drug-likeness (QED) is 0.659. The fourth-order valence-electron chi connectivity index (χ4n) is 2.42. The highest BCUT2D eigenvalue weighted by atomic mass is 79.9. The molecule has 0 bridgehead atoms. The van der Waals surface area contributed by atoms with Gasteiger partial charge in [0.05, 0.1) is 7.11 Å². The van der Waals surface area contributed by atoms with Crippen LogP contribution in [0.3, 0.4) is 0 Å². The summed E-state index contributed by atoms with van der Waals surface area (Å²) >= 11 is 3.38. The van der Waals surface area contributed by atoms with Crippen LogP contribution in [0.5, 0.6) is 5.75 Å². The van der Waals surface area contributed by atoms with E-state index in [9.17, 15) is 9.59 Å². The molecule has 0 spiro atoms. The summed E-state index contributed by atoms with van der Waals surface area (Å²) in [5.41, 5.74) is 2.74. The Kier molecular flexibility index (Phi) is 4.30. The van der Waals surface area contributed by atoms with Gasteiger partial charge in [-0.1, -0.05) is 22.0 Å². The van der Waals surface area contributed by atoms with Gasteiger partial charge in [0.25, 0.3) is 5.91 Å². The Morgan fingerprint density at radius 2 is 1.96 bits per heavy atom. The van der Waals surface area contributed by atoms with E-state index in [0.29, 0.717) is 23.3 Å². The fourth-order valence-corrected chi connectivity index (χ4v) is 2.78. The molecule has 23 heavy (non-hydrogen) atoms. The molecule has 2 aromatic carbocycles. The van der Waals surface area contributed by atoms with Crippen LogP contribution in [0.1, 0.15) is 15.9 Å². The van der Waals surface area contributed by atoms with Crippen molar-refractivity contribution in [2.24, 2.45) is 0 Å². The lowest BCUT2D eigenvalue weighted by atomic mass is 9.96. The van der Waals surface area contributed by atoms with E-state index >= 15 is 0 Å². The minimum atomic E-state index is -0.238. The van der Waals surface area contributed by atoms with Gasteiger partial charge >= 0.3 is 0 Å². The summed E-state index contributed by atoms with van der Waals surface area (Å²) < 4.78 is 5.97. The monoisotopic (exact) mass is 371 g/mol. The molecule has 0 atom stereocenters. The van der Waals surface area contributed by atoms with Gasteiger partial charge in [-0.3, -0.25) is 9.59 Å². The number of halogens is 1. The van der Waals surface area contributed by atoms with Gasteiger partial charge in [-0.25, -0.2) is 0 Å². The second-order valence-electron chi connectivity index (χ2n) is 5.19. The molecule has 2 aromatic rings. The van der Waals surface area contributed by atoms with Crippen molar-refractivity contribution in [3.8, 4) is 5.75 Å². The molecule has 0 fully saturated rings. The first-order chi connectivity index (χ1) is 11.1. The number of allylic oxidation sites excluding steroid dienone is 1. The Morgan fingerprint density at radius 3 is 2.65 bits per heavy atom. The van der Waals surface area contributed by atoms with Crippen LogP contribution in [0, 0.1) is 0 Å². The van der Waals surface area contributed by atoms with Crippen molar-refractivity contribution in [1.29, 1.82) is 0 Å². The number of methoxy groups -OCH3 is 1. The van der Waals surface area contributed by atoms with E-state index in [1.807, 2.05) is 18.2 Å². The molecule has 0 saturated carbocycles. The number of nitrogens with one attached hydrogen (secondary N) is 1. The molecule has 5 heteroatoms. The van der Waals surface area contributed by atoms with Crippen molar-refractivity contribution >= 4 is 33.3 Å². The highest BCUT2D eigenvalue weighted by molar-refractivity contribution is 9.10. The lowest BCUT2D eigenvalue weighted by molar-refractivity contribution is -0.113. The third-order valence-corrected chi connectivity index (χ3v) is 4.17. The molecule has 3 rings (SSSR count). The number of ether oxygens (including phenoxy) is 1. The highest BCUT2D eigenvalue weighted by Gasteiger charge is 2.21. The third-order valence-electron chi connectivity index (χ3n) is 3.67. The van der Waals surface area contributed by atoms with Gasteiger partial charge in [-0.05, 0) is 48.0 Å².